The van der Waals surface area contributed by atoms with Crippen LogP contribution in [0.4, 0.5) is 10.5 Å². The second-order valence-electron chi connectivity index (χ2n) is 6.59. The highest BCUT2D eigenvalue weighted by atomic mass is 35.5. The van der Waals surface area contributed by atoms with Crippen LogP contribution in [0.1, 0.15) is 16.7 Å². The number of para-hydroxylation sites is 1. The summed E-state index contributed by atoms with van der Waals surface area (Å²) in [6.45, 7) is 0.207. The van der Waals surface area contributed by atoms with E-state index < -0.39 is 5.91 Å². The highest BCUT2D eigenvalue weighted by molar-refractivity contribution is 8.19. The first kappa shape index (κ1) is 20.7. The van der Waals surface area contributed by atoms with Crippen molar-refractivity contribution in [3.05, 3.63) is 99.4 Å². The molecule has 1 aliphatic heterocycles. The second-order valence-corrected chi connectivity index (χ2v) is 8.02. The molecule has 5 nitrogen and oxygen atoms in total. The number of hydrogen-bond donors (Lipinski definition) is 0. The Morgan fingerprint density at radius 3 is 2.61 bits per heavy atom. The molecular formula is C24H15ClN2O3S. The molecule has 3 aromatic rings. The molecule has 0 unspecified atom stereocenters. The second kappa shape index (κ2) is 9.09. The lowest BCUT2D eigenvalue weighted by Gasteiger charge is -2.12. The molecule has 3 aromatic carbocycles. The van der Waals surface area contributed by atoms with Gasteiger partial charge in [0.25, 0.3) is 11.1 Å². The SMILES string of the molecule is N#Cc1ccccc1COc1ccccc1/C=C1/SC(=O)N(c2cccc(Cl)c2)C1=O. The van der Waals surface area contributed by atoms with Crippen LogP contribution in [0.5, 0.6) is 5.75 Å². The summed E-state index contributed by atoms with van der Waals surface area (Å²) in [5.41, 5.74) is 2.40. The Kier molecular flexibility index (Phi) is 6.08. The van der Waals surface area contributed by atoms with Gasteiger partial charge in [0.05, 0.1) is 22.2 Å². The van der Waals surface area contributed by atoms with Crippen molar-refractivity contribution in [2.75, 3.05) is 4.90 Å². The maximum Gasteiger partial charge on any atom is 0.298 e. The van der Waals surface area contributed by atoms with Gasteiger partial charge >= 0.3 is 0 Å². The third-order valence-electron chi connectivity index (χ3n) is 4.59. The van der Waals surface area contributed by atoms with Gasteiger partial charge in [0, 0.05) is 16.1 Å². The van der Waals surface area contributed by atoms with Crippen LogP contribution >= 0.6 is 23.4 Å². The van der Waals surface area contributed by atoms with Crippen LogP contribution in [0.15, 0.2) is 77.7 Å². The standard InChI is InChI=1S/C24H15ClN2O3S/c25-19-9-5-10-20(13-19)27-23(28)22(31-24(27)29)12-16-6-3-4-11-21(16)30-15-18-8-2-1-7-17(18)14-26/h1-13H,15H2/b22-12+. The van der Waals surface area contributed by atoms with Crippen molar-refractivity contribution >= 4 is 46.3 Å². The lowest BCUT2D eigenvalue weighted by atomic mass is 10.1. The lowest BCUT2D eigenvalue weighted by molar-refractivity contribution is -0.113. The molecule has 2 amide bonds. The maximum atomic E-state index is 12.9. The third-order valence-corrected chi connectivity index (χ3v) is 5.69. The monoisotopic (exact) mass is 446 g/mol. The van der Waals surface area contributed by atoms with E-state index in [1.807, 2.05) is 24.3 Å². The molecule has 1 aliphatic rings. The Morgan fingerprint density at radius 1 is 1.03 bits per heavy atom. The van der Waals surface area contributed by atoms with Gasteiger partial charge < -0.3 is 4.74 Å². The molecule has 31 heavy (non-hydrogen) atoms. The van der Waals surface area contributed by atoms with Gasteiger partial charge in [0.2, 0.25) is 0 Å². The number of hydrogen-bond acceptors (Lipinski definition) is 5. The molecule has 0 spiro atoms. The molecule has 0 N–H and O–H groups in total. The van der Waals surface area contributed by atoms with Gasteiger partial charge in [0.1, 0.15) is 12.4 Å². The van der Waals surface area contributed by atoms with Crippen molar-refractivity contribution in [1.82, 2.24) is 0 Å². The number of nitriles is 1. The zero-order chi connectivity index (χ0) is 21.8. The molecule has 0 atom stereocenters. The third kappa shape index (κ3) is 4.48. The smallest absolute Gasteiger partial charge is 0.298 e. The molecule has 1 heterocycles. The molecule has 7 heteroatoms. The van der Waals surface area contributed by atoms with Crippen molar-refractivity contribution in [1.29, 1.82) is 5.26 Å². The Bertz CT molecular complexity index is 1250. The predicted octanol–water partition coefficient (Wildman–Crippen LogP) is 6.03. The summed E-state index contributed by atoms with van der Waals surface area (Å²) in [5, 5.41) is 9.30. The van der Waals surface area contributed by atoms with Crippen LogP contribution in [0.2, 0.25) is 5.02 Å². The highest BCUT2D eigenvalue weighted by Gasteiger charge is 2.36. The van der Waals surface area contributed by atoms with Gasteiger partial charge in [-0.05, 0) is 48.2 Å². The fraction of sp³-hybridized carbons (Fsp3) is 0.0417. The summed E-state index contributed by atoms with van der Waals surface area (Å²) >= 11 is 6.87. The fourth-order valence-electron chi connectivity index (χ4n) is 3.09. The van der Waals surface area contributed by atoms with Gasteiger partial charge in [-0.1, -0.05) is 54.1 Å². The van der Waals surface area contributed by atoms with Crippen LogP contribution in [-0.4, -0.2) is 11.1 Å². The van der Waals surface area contributed by atoms with E-state index in [1.54, 1.807) is 54.6 Å². The van der Waals surface area contributed by atoms with E-state index in [9.17, 15) is 14.9 Å². The molecule has 152 valence electrons. The summed E-state index contributed by atoms with van der Waals surface area (Å²) in [5.74, 6) is 0.131. The summed E-state index contributed by atoms with van der Waals surface area (Å²) in [6.07, 6.45) is 1.64. The number of rotatable bonds is 5. The zero-order valence-electron chi connectivity index (χ0n) is 16.1. The van der Waals surface area contributed by atoms with Crippen LogP contribution < -0.4 is 9.64 Å². The topological polar surface area (TPSA) is 70.4 Å². The Morgan fingerprint density at radius 2 is 1.81 bits per heavy atom. The average Bonchev–Trinajstić information content (AvgIpc) is 3.06. The molecule has 4 rings (SSSR count). The minimum atomic E-state index is -0.415. The number of thioether (sulfide) groups is 1. The van der Waals surface area contributed by atoms with E-state index in [0.29, 0.717) is 32.5 Å². The summed E-state index contributed by atoms with van der Waals surface area (Å²) in [4.78, 5) is 26.8. The van der Waals surface area contributed by atoms with Crippen LogP contribution in [0.25, 0.3) is 6.08 Å². The first-order valence-corrected chi connectivity index (χ1v) is 10.5. The van der Waals surface area contributed by atoms with E-state index >= 15 is 0 Å². The number of ether oxygens (including phenoxy) is 1. The number of carbonyl (C=O) groups excluding carboxylic acids is 2. The quantitative estimate of drug-likeness (QED) is 0.447. The maximum absolute atomic E-state index is 12.9. The van der Waals surface area contributed by atoms with E-state index in [0.717, 1.165) is 22.2 Å². The van der Waals surface area contributed by atoms with Crippen molar-refractivity contribution in [3.8, 4) is 11.8 Å². The first-order valence-electron chi connectivity index (χ1n) is 9.30. The number of carbonyl (C=O) groups is 2. The van der Waals surface area contributed by atoms with E-state index in [2.05, 4.69) is 6.07 Å². The Hall–Kier alpha value is -3.53. The highest BCUT2D eigenvalue weighted by Crippen LogP contribution is 2.37. The number of halogens is 1. The van der Waals surface area contributed by atoms with E-state index in [1.165, 1.54) is 0 Å². The number of anilines is 1. The van der Waals surface area contributed by atoms with Gasteiger partial charge in [-0.2, -0.15) is 5.26 Å². The van der Waals surface area contributed by atoms with Gasteiger partial charge in [-0.25, -0.2) is 4.90 Å². The van der Waals surface area contributed by atoms with Crippen molar-refractivity contribution in [2.24, 2.45) is 0 Å². The van der Waals surface area contributed by atoms with Crippen molar-refractivity contribution in [2.45, 2.75) is 6.61 Å². The lowest BCUT2D eigenvalue weighted by Crippen LogP contribution is -2.27. The van der Waals surface area contributed by atoms with Crippen LogP contribution in [-0.2, 0) is 11.4 Å². The zero-order valence-corrected chi connectivity index (χ0v) is 17.7. The Labute approximate surface area is 188 Å². The molecule has 0 aromatic heterocycles. The summed E-state index contributed by atoms with van der Waals surface area (Å²) < 4.78 is 5.93. The summed E-state index contributed by atoms with van der Waals surface area (Å²) in [6, 6.07) is 23.2. The van der Waals surface area contributed by atoms with Gasteiger partial charge in [0.15, 0.2) is 0 Å². The minimum Gasteiger partial charge on any atom is -0.488 e. The van der Waals surface area contributed by atoms with Gasteiger partial charge in [-0.3, -0.25) is 9.59 Å². The molecule has 0 bridgehead atoms. The molecule has 1 saturated heterocycles. The predicted molar refractivity (Wildman–Crippen MR) is 122 cm³/mol. The number of imide groups is 1. The number of benzene rings is 3. The van der Waals surface area contributed by atoms with E-state index in [4.69, 9.17) is 16.3 Å². The molecule has 0 aliphatic carbocycles. The molecule has 1 fully saturated rings. The molecule has 0 saturated carbocycles. The first-order chi connectivity index (χ1) is 15.1. The minimum absolute atomic E-state index is 0.207. The van der Waals surface area contributed by atoms with Gasteiger partial charge in [-0.15, -0.1) is 0 Å². The Balaban J connectivity index is 1.59. The van der Waals surface area contributed by atoms with E-state index in [-0.39, 0.29) is 11.8 Å². The largest absolute Gasteiger partial charge is 0.488 e. The van der Waals surface area contributed by atoms with Crippen LogP contribution in [0.3, 0.4) is 0 Å². The normalized spacial score (nSPS) is 14.7. The van der Waals surface area contributed by atoms with Crippen molar-refractivity contribution < 1.29 is 14.3 Å². The number of nitrogens with zero attached hydrogens (tertiary/aromatic N) is 2. The van der Waals surface area contributed by atoms with Crippen LogP contribution in [0, 0.1) is 11.3 Å². The molecule has 0 radical (unpaired) electrons. The van der Waals surface area contributed by atoms with Crippen molar-refractivity contribution in [3.63, 3.8) is 0 Å². The fourth-order valence-corrected chi connectivity index (χ4v) is 4.11. The summed E-state index contributed by atoms with van der Waals surface area (Å²) in [7, 11) is 0. The number of amides is 2. The molecular weight excluding hydrogens is 432 g/mol. The average molecular weight is 447 g/mol.